The van der Waals surface area contributed by atoms with Crippen LogP contribution in [0.25, 0.3) is 27.5 Å². The monoisotopic (exact) mass is 616 g/mol. The van der Waals surface area contributed by atoms with Gasteiger partial charge in [-0.3, -0.25) is 5.14 Å². The Labute approximate surface area is 256 Å². The van der Waals surface area contributed by atoms with Crippen LogP contribution in [-0.4, -0.2) is 25.8 Å². The summed E-state index contributed by atoms with van der Waals surface area (Å²) in [7, 11) is 0. The first kappa shape index (κ1) is 29.2. The van der Waals surface area contributed by atoms with Gasteiger partial charge in [-0.2, -0.15) is 5.10 Å². The minimum Gasteiger partial charge on any atom is -0.476 e. The second kappa shape index (κ2) is 12.0. The maximum Gasteiger partial charge on any atom is 0.355 e. The third-order valence-corrected chi connectivity index (χ3v) is 9.19. The molecule has 0 atom stereocenters. The number of halogens is 2. The zero-order valence-corrected chi connectivity index (χ0v) is 25.3. The van der Waals surface area contributed by atoms with Crippen molar-refractivity contribution in [3.63, 3.8) is 0 Å². The van der Waals surface area contributed by atoms with Gasteiger partial charge in [0.05, 0.1) is 16.3 Å². The molecule has 6 nitrogen and oxygen atoms in total. The maximum atomic E-state index is 15.3. The number of aromatic carboxylic acids is 1. The fourth-order valence-corrected chi connectivity index (χ4v) is 6.31. The molecule has 220 valence electrons. The predicted octanol–water partition coefficient (Wildman–Crippen LogP) is 8.27. The van der Waals surface area contributed by atoms with Gasteiger partial charge in [0.2, 0.25) is 5.13 Å². The average Bonchev–Trinajstić information content (AvgIpc) is 3.55. The van der Waals surface area contributed by atoms with Crippen molar-refractivity contribution in [2.45, 2.75) is 50.3 Å². The van der Waals surface area contributed by atoms with Crippen LogP contribution in [-0.2, 0) is 12.8 Å². The predicted molar refractivity (Wildman–Crippen MR) is 167 cm³/mol. The lowest BCUT2D eigenvalue weighted by Gasteiger charge is -2.11. The van der Waals surface area contributed by atoms with E-state index in [-0.39, 0.29) is 11.5 Å². The summed E-state index contributed by atoms with van der Waals surface area (Å²) in [5.41, 5.74) is 6.17. The molecular formula is C33H30F2N4O2S2. The Balaban J connectivity index is 1.52. The van der Waals surface area contributed by atoms with Gasteiger partial charge < -0.3 is 5.11 Å². The zero-order valence-electron chi connectivity index (χ0n) is 23.7. The summed E-state index contributed by atoms with van der Waals surface area (Å²) in [6.45, 7) is 4.23. The van der Waals surface area contributed by atoms with E-state index in [1.54, 1.807) is 22.9 Å². The second-order valence-electron chi connectivity index (χ2n) is 11.2. The number of hydrogen-bond acceptors (Lipinski definition) is 6. The minimum atomic E-state index is -1.11. The lowest BCUT2D eigenvalue weighted by atomic mass is 9.94. The Morgan fingerprint density at radius 3 is 2.44 bits per heavy atom. The SMILES string of the molecule is CC(C)c1ccc(-c2cc(-c3nn(-c4nc(C(=O)O)cs4)c(CC4CC4)c3Cc3ccc(SN)c(F)c3)ccc2F)cc1. The van der Waals surface area contributed by atoms with Gasteiger partial charge >= 0.3 is 5.97 Å². The fraction of sp³-hybridized carbons (Fsp3) is 0.242. The third-order valence-electron chi connectivity index (χ3n) is 7.79. The van der Waals surface area contributed by atoms with E-state index in [1.165, 1.54) is 34.4 Å². The number of carboxylic acid groups (broad SMARTS) is 1. The summed E-state index contributed by atoms with van der Waals surface area (Å²) < 4.78 is 31.8. The van der Waals surface area contributed by atoms with E-state index < -0.39 is 11.8 Å². The third kappa shape index (κ3) is 6.13. The van der Waals surface area contributed by atoms with Crippen LogP contribution in [0, 0.1) is 17.6 Å². The molecule has 1 saturated carbocycles. The highest BCUT2D eigenvalue weighted by Gasteiger charge is 2.29. The van der Waals surface area contributed by atoms with E-state index in [9.17, 15) is 14.3 Å². The topological polar surface area (TPSA) is 94.0 Å². The van der Waals surface area contributed by atoms with Crippen LogP contribution in [0.4, 0.5) is 8.78 Å². The molecule has 0 unspecified atom stereocenters. The van der Waals surface area contributed by atoms with E-state index in [2.05, 4.69) is 18.8 Å². The lowest BCUT2D eigenvalue weighted by Crippen LogP contribution is -2.06. The van der Waals surface area contributed by atoms with Crippen molar-refractivity contribution in [2.75, 3.05) is 0 Å². The van der Waals surface area contributed by atoms with Crippen molar-refractivity contribution >= 4 is 29.3 Å². The molecule has 0 saturated heterocycles. The molecule has 1 aliphatic carbocycles. The van der Waals surface area contributed by atoms with Gasteiger partial charge in [-0.05, 0) is 90.1 Å². The molecule has 43 heavy (non-hydrogen) atoms. The molecule has 1 aliphatic rings. The van der Waals surface area contributed by atoms with Crippen LogP contribution < -0.4 is 5.14 Å². The van der Waals surface area contributed by atoms with Crippen LogP contribution >= 0.6 is 23.3 Å². The summed E-state index contributed by atoms with van der Waals surface area (Å²) in [5.74, 6) is -1.03. The first-order valence-electron chi connectivity index (χ1n) is 14.1. The molecule has 3 aromatic carbocycles. The quantitative estimate of drug-likeness (QED) is 0.153. The average molecular weight is 617 g/mol. The van der Waals surface area contributed by atoms with E-state index >= 15 is 4.39 Å². The normalized spacial score (nSPS) is 13.2. The summed E-state index contributed by atoms with van der Waals surface area (Å²) in [5, 5.41) is 22.1. The summed E-state index contributed by atoms with van der Waals surface area (Å²) in [4.78, 5) is 16.3. The molecule has 0 bridgehead atoms. The van der Waals surface area contributed by atoms with Crippen LogP contribution in [0.1, 0.15) is 65.5 Å². The second-order valence-corrected chi connectivity index (χ2v) is 12.7. The number of nitrogens with zero attached hydrogens (tertiary/aromatic N) is 3. The molecule has 1 fully saturated rings. The zero-order chi connectivity index (χ0) is 30.2. The number of carboxylic acids is 1. The van der Waals surface area contributed by atoms with E-state index in [4.69, 9.17) is 10.2 Å². The highest BCUT2D eigenvalue weighted by atomic mass is 32.2. The molecule has 2 aromatic heterocycles. The van der Waals surface area contributed by atoms with Crippen LogP contribution in [0.2, 0.25) is 0 Å². The first-order chi connectivity index (χ1) is 20.7. The molecule has 0 aliphatic heterocycles. The van der Waals surface area contributed by atoms with Crippen LogP contribution in [0.5, 0.6) is 0 Å². The fourth-order valence-electron chi connectivity index (χ4n) is 5.22. The van der Waals surface area contributed by atoms with E-state index in [0.29, 0.717) is 51.5 Å². The molecule has 0 amide bonds. The number of nitrogens with two attached hydrogens (primary N) is 1. The highest BCUT2D eigenvalue weighted by molar-refractivity contribution is 7.97. The number of rotatable bonds is 10. The van der Waals surface area contributed by atoms with E-state index in [0.717, 1.165) is 47.2 Å². The maximum absolute atomic E-state index is 15.3. The van der Waals surface area contributed by atoms with Gasteiger partial charge in [-0.15, -0.1) is 11.3 Å². The van der Waals surface area contributed by atoms with Crippen molar-refractivity contribution in [3.8, 4) is 27.5 Å². The Morgan fingerprint density at radius 1 is 1.07 bits per heavy atom. The molecule has 3 N–H and O–H groups in total. The first-order valence-corrected chi connectivity index (χ1v) is 15.8. The summed E-state index contributed by atoms with van der Waals surface area (Å²) in [6, 6.07) is 17.8. The number of benzene rings is 3. The Kier molecular flexibility index (Phi) is 8.17. The molecule has 0 spiro atoms. The Bertz CT molecular complexity index is 1810. The van der Waals surface area contributed by atoms with E-state index in [1.807, 2.05) is 30.3 Å². The van der Waals surface area contributed by atoms with Crippen molar-refractivity contribution in [2.24, 2.45) is 11.1 Å². The lowest BCUT2D eigenvalue weighted by molar-refractivity contribution is 0.0691. The van der Waals surface area contributed by atoms with Crippen molar-refractivity contribution in [3.05, 3.63) is 106 Å². The van der Waals surface area contributed by atoms with Crippen molar-refractivity contribution in [1.29, 1.82) is 0 Å². The minimum absolute atomic E-state index is 0.0539. The summed E-state index contributed by atoms with van der Waals surface area (Å²) >= 11 is 2.06. The molecule has 5 aromatic rings. The van der Waals surface area contributed by atoms with Gasteiger partial charge in [-0.25, -0.2) is 23.2 Å². The van der Waals surface area contributed by atoms with Crippen LogP contribution in [0.3, 0.4) is 0 Å². The number of aromatic nitrogens is 3. The molecule has 6 rings (SSSR count). The molecular weight excluding hydrogens is 587 g/mol. The van der Waals surface area contributed by atoms with Crippen molar-refractivity contribution < 1.29 is 18.7 Å². The largest absolute Gasteiger partial charge is 0.476 e. The molecule has 2 heterocycles. The van der Waals surface area contributed by atoms with Gasteiger partial charge in [0.15, 0.2) is 5.69 Å². The smallest absolute Gasteiger partial charge is 0.355 e. The van der Waals surface area contributed by atoms with Gasteiger partial charge in [0, 0.05) is 28.5 Å². The highest BCUT2D eigenvalue weighted by Crippen LogP contribution is 2.39. The Morgan fingerprint density at radius 2 is 1.81 bits per heavy atom. The van der Waals surface area contributed by atoms with Gasteiger partial charge in [0.1, 0.15) is 11.6 Å². The van der Waals surface area contributed by atoms with Gasteiger partial charge in [0.25, 0.3) is 0 Å². The molecule has 0 radical (unpaired) electrons. The number of hydrogen-bond donors (Lipinski definition) is 2. The molecule has 10 heteroatoms. The van der Waals surface area contributed by atoms with Crippen molar-refractivity contribution in [1.82, 2.24) is 14.8 Å². The number of thiazole rings is 1. The number of carbonyl (C=O) groups is 1. The Hall–Kier alpha value is -3.86. The summed E-state index contributed by atoms with van der Waals surface area (Å²) in [6.07, 6.45) is 3.26. The standard InChI is InChI=1S/C33H30F2N4O2S2/c1-18(2)21-6-8-22(9-7-21)24-16-23(10-11-26(24)34)31-25(13-20-5-12-30(43-36)27(35)14-20)29(15-19-3-4-19)39(38-31)33-37-28(17-42-33)32(40)41/h5-12,14,16-19H,3-4,13,15,36H2,1-2H3,(H,40,41). The van der Waals surface area contributed by atoms with Crippen LogP contribution in [0.15, 0.2) is 70.9 Å². The van der Waals surface area contributed by atoms with Gasteiger partial charge in [-0.1, -0.05) is 44.2 Å².